The summed E-state index contributed by atoms with van der Waals surface area (Å²) < 4.78 is 10.7. The summed E-state index contributed by atoms with van der Waals surface area (Å²) >= 11 is 0. The van der Waals surface area contributed by atoms with Crippen molar-refractivity contribution in [3.05, 3.63) is 41.8 Å². The van der Waals surface area contributed by atoms with Gasteiger partial charge < -0.3 is 9.47 Å². The minimum atomic E-state index is -0.225. The average Bonchev–Trinajstić information content (AvgIpc) is 2.17. The minimum Gasteiger partial charge on any atom is -0.362 e. The van der Waals surface area contributed by atoms with Gasteiger partial charge in [-0.15, -0.1) is 6.07 Å². The molecular weight excluding hydrogens is 223 g/mol. The van der Waals surface area contributed by atoms with E-state index < -0.39 is 0 Å². The molecule has 0 bridgehead atoms. The van der Waals surface area contributed by atoms with Gasteiger partial charge in [0.05, 0.1) is 6.61 Å². The van der Waals surface area contributed by atoms with Crippen LogP contribution in [0.4, 0.5) is 0 Å². The van der Waals surface area contributed by atoms with Gasteiger partial charge in [-0.1, -0.05) is 17.2 Å². The predicted molar refractivity (Wildman–Crippen MR) is 50.3 cm³/mol. The first-order valence-corrected chi connectivity index (χ1v) is 4.41. The van der Waals surface area contributed by atoms with E-state index in [1.54, 1.807) is 7.11 Å². The standard InChI is InChI=1S/C11H13O2.Co/c1-8-4-3-5-9-6-7-13-11(12-2)10(8)9;/h3-5,11H,1,6-7H2,2H3;/q-1;/t11-;/m0./s1. The second kappa shape index (κ2) is 4.84. The Morgan fingerprint density at radius 3 is 3.00 bits per heavy atom. The average molecular weight is 236 g/mol. The zero-order valence-corrected chi connectivity index (χ0v) is 9.12. The van der Waals surface area contributed by atoms with E-state index in [4.69, 9.17) is 9.47 Å². The van der Waals surface area contributed by atoms with Crippen LogP contribution in [-0.4, -0.2) is 13.7 Å². The molecule has 0 unspecified atom stereocenters. The van der Waals surface area contributed by atoms with Crippen LogP contribution in [0.5, 0.6) is 0 Å². The van der Waals surface area contributed by atoms with Gasteiger partial charge in [0.1, 0.15) is 6.29 Å². The van der Waals surface area contributed by atoms with Gasteiger partial charge in [0, 0.05) is 23.9 Å². The first-order chi connectivity index (χ1) is 6.33. The Bertz CT molecular complexity index is 312. The number of hydrogen-bond donors (Lipinski definition) is 0. The molecule has 0 aliphatic carbocycles. The fourth-order valence-electron chi connectivity index (χ4n) is 1.73. The SMILES string of the molecule is [CH2-]c1cccc2c1[C@@H](OC)OCC2.[Co]. The van der Waals surface area contributed by atoms with Gasteiger partial charge in [-0.25, -0.2) is 0 Å². The monoisotopic (exact) mass is 236 g/mol. The second-order valence-corrected chi connectivity index (χ2v) is 3.18. The number of rotatable bonds is 1. The molecule has 1 radical (unpaired) electrons. The molecule has 0 saturated heterocycles. The van der Waals surface area contributed by atoms with Crippen molar-refractivity contribution in [1.82, 2.24) is 0 Å². The van der Waals surface area contributed by atoms with Crippen LogP contribution in [-0.2, 0) is 32.7 Å². The van der Waals surface area contributed by atoms with Gasteiger partial charge in [-0.05, 0) is 6.42 Å². The normalized spacial score (nSPS) is 19.6. The van der Waals surface area contributed by atoms with Crippen LogP contribution in [0.15, 0.2) is 18.2 Å². The predicted octanol–water partition coefficient (Wildman–Crippen LogP) is 2.08. The van der Waals surface area contributed by atoms with Crippen LogP contribution in [0.1, 0.15) is 23.0 Å². The number of ether oxygens (including phenoxy) is 2. The fraction of sp³-hybridized carbons (Fsp3) is 0.364. The van der Waals surface area contributed by atoms with E-state index in [0.717, 1.165) is 24.2 Å². The molecule has 1 aromatic rings. The molecule has 0 spiro atoms. The Hall–Kier alpha value is -0.484. The summed E-state index contributed by atoms with van der Waals surface area (Å²) in [4.78, 5) is 0. The molecule has 1 aliphatic rings. The molecule has 1 atom stereocenters. The van der Waals surface area contributed by atoms with E-state index in [9.17, 15) is 0 Å². The zero-order valence-electron chi connectivity index (χ0n) is 8.08. The summed E-state index contributed by atoms with van der Waals surface area (Å²) in [5.41, 5.74) is 3.41. The van der Waals surface area contributed by atoms with E-state index in [1.807, 2.05) is 12.1 Å². The molecule has 1 aromatic carbocycles. The van der Waals surface area contributed by atoms with E-state index in [1.165, 1.54) is 5.56 Å². The number of hydrogen-bond acceptors (Lipinski definition) is 2. The van der Waals surface area contributed by atoms with Gasteiger partial charge in [-0.2, -0.15) is 18.6 Å². The van der Waals surface area contributed by atoms with E-state index in [2.05, 4.69) is 13.0 Å². The molecule has 3 heteroatoms. The van der Waals surface area contributed by atoms with Crippen molar-refractivity contribution in [2.24, 2.45) is 0 Å². The molecular formula is C11H13CoO2-. The maximum absolute atomic E-state index is 5.47. The third-order valence-electron chi connectivity index (χ3n) is 2.38. The first-order valence-electron chi connectivity index (χ1n) is 4.41. The third kappa shape index (κ3) is 1.96. The fourth-order valence-corrected chi connectivity index (χ4v) is 1.73. The zero-order chi connectivity index (χ0) is 9.26. The van der Waals surface area contributed by atoms with Gasteiger partial charge >= 0.3 is 0 Å². The molecule has 2 nitrogen and oxygen atoms in total. The smallest absolute Gasteiger partial charge is 0.138 e. The summed E-state index contributed by atoms with van der Waals surface area (Å²) in [5.74, 6) is 0. The molecule has 79 valence electrons. The van der Waals surface area contributed by atoms with Gasteiger partial charge in [0.15, 0.2) is 0 Å². The molecule has 0 amide bonds. The third-order valence-corrected chi connectivity index (χ3v) is 2.38. The van der Waals surface area contributed by atoms with E-state index >= 15 is 0 Å². The van der Waals surface area contributed by atoms with Crippen molar-refractivity contribution in [3.8, 4) is 0 Å². The summed E-state index contributed by atoms with van der Waals surface area (Å²) in [7, 11) is 1.66. The summed E-state index contributed by atoms with van der Waals surface area (Å²) in [5, 5.41) is 0. The van der Waals surface area contributed by atoms with Crippen LogP contribution in [0.2, 0.25) is 0 Å². The molecule has 2 rings (SSSR count). The molecule has 0 aromatic heterocycles. The van der Waals surface area contributed by atoms with Crippen molar-refractivity contribution < 1.29 is 26.3 Å². The van der Waals surface area contributed by atoms with Crippen LogP contribution in [0.25, 0.3) is 0 Å². The topological polar surface area (TPSA) is 18.5 Å². The summed E-state index contributed by atoms with van der Waals surface area (Å²) in [6.07, 6.45) is 0.732. The summed E-state index contributed by atoms with van der Waals surface area (Å²) in [6, 6.07) is 6.12. The largest absolute Gasteiger partial charge is 0.362 e. The van der Waals surface area contributed by atoms with Crippen LogP contribution < -0.4 is 0 Å². The quantitative estimate of drug-likeness (QED) is 0.695. The van der Waals surface area contributed by atoms with Crippen molar-refractivity contribution in [2.45, 2.75) is 12.7 Å². The van der Waals surface area contributed by atoms with Gasteiger partial charge in [0.2, 0.25) is 0 Å². The van der Waals surface area contributed by atoms with Crippen LogP contribution >= 0.6 is 0 Å². The van der Waals surface area contributed by atoms with Crippen molar-refractivity contribution in [1.29, 1.82) is 0 Å². The van der Waals surface area contributed by atoms with E-state index in [-0.39, 0.29) is 23.1 Å². The van der Waals surface area contributed by atoms with Crippen LogP contribution in [0, 0.1) is 6.92 Å². The second-order valence-electron chi connectivity index (χ2n) is 3.18. The summed E-state index contributed by atoms with van der Waals surface area (Å²) in [6.45, 7) is 4.70. The van der Waals surface area contributed by atoms with E-state index in [0.29, 0.717) is 0 Å². The van der Waals surface area contributed by atoms with Gasteiger partial charge in [0.25, 0.3) is 0 Å². The van der Waals surface area contributed by atoms with Crippen molar-refractivity contribution in [3.63, 3.8) is 0 Å². The Morgan fingerprint density at radius 1 is 1.50 bits per heavy atom. The molecule has 14 heavy (non-hydrogen) atoms. The number of benzene rings is 1. The molecule has 1 heterocycles. The maximum atomic E-state index is 5.47. The van der Waals surface area contributed by atoms with Crippen LogP contribution in [0.3, 0.4) is 0 Å². The molecule has 1 aliphatic heterocycles. The maximum Gasteiger partial charge on any atom is 0.138 e. The molecule has 0 fully saturated rings. The van der Waals surface area contributed by atoms with Crippen molar-refractivity contribution >= 4 is 0 Å². The molecule has 0 saturated carbocycles. The Kier molecular flexibility index (Phi) is 4.01. The Balaban J connectivity index is 0.000000980. The van der Waals surface area contributed by atoms with Crippen molar-refractivity contribution in [2.75, 3.05) is 13.7 Å². The minimum absolute atomic E-state index is 0. The Labute approximate surface area is 94.8 Å². The molecule has 0 N–H and O–H groups in total. The number of methoxy groups -OCH3 is 1. The Morgan fingerprint density at radius 2 is 2.29 bits per heavy atom. The van der Waals surface area contributed by atoms with Gasteiger partial charge in [-0.3, -0.25) is 0 Å². The number of fused-ring (bicyclic) bond motifs is 1. The first kappa shape index (κ1) is 11.6.